The normalized spacial score (nSPS) is 13.1. The average molecular weight is 401 g/mol. The smallest absolute Gasteiger partial charge is 0.160 e. The van der Waals surface area contributed by atoms with Crippen molar-refractivity contribution >= 4 is 5.57 Å². The maximum absolute atomic E-state index is 4.98. The molecule has 0 bridgehead atoms. The molecule has 2 heteroatoms. The molecule has 150 valence electrons. The fraction of sp³-hybridized carbons (Fsp3) is 0.103. The van der Waals surface area contributed by atoms with Crippen molar-refractivity contribution in [2.75, 3.05) is 0 Å². The molecule has 0 spiro atoms. The molecular formula is C29H24N2. The third-order valence-corrected chi connectivity index (χ3v) is 5.53. The molecule has 0 aliphatic heterocycles. The molecule has 0 atom stereocenters. The minimum Gasteiger partial charge on any atom is -0.228 e. The highest BCUT2D eigenvalue weighted by molar-refractivity contribution is 5.79. The Hall–Kier alpha value is -3.78. The molecular weight excluding hydrogens is 376 g/mol. The van der Waals surface area contributed by atoms with Crippen LogP contribution in [0.2, 0.25) is 0 Å². The van der Waals surface area contributed by atoms with Gasteiger partial charge in [0, 0.05) is 11.1 Å². The van der Waals surface area contributed by atoms with Crippen LogP contribution in [0.15, 0.2) is 103 Å². The van der Waals surface area contributed by atoms with Gasteiger partial charge in [-0.05, 0) is 60.2 Å². The minimum atomic E-state index is 0.760. The summed E-state index contributed by atoms with van der Waals surface area (Å²) in [5.74, 6) is 0.760. The Bertz CT molecular complexity index is 1270. The van der Waals surface area contributed by atoms with Gasteiger partial charge in [-0.3, -0.25) is 0 Å². The summed E-state index contributed by atoms with van der Waals surface area (Å²) < 4.78 is 0. The van der Waals surface area contributed by atoms with E-state index in [2.05, 4.69) is 91.9 Å². The van der Waals surface area contributed by atoms with E-state index >= 15 is 0 Å². The largest absolute Gasteiger partial charge is 0.228 e. The maximum Gasteiger partial charge on any atom is 0.160 e. The Labute approximate surface area is 183 Å². The Morgan fingerprint density at radius 2 is 1.29 bits per heavy atom. The highest BCUT2D eigenvalue weighted by atomic mass is 14.9. The molecule has 4 aromatic rings. The third-order valence-electron chi connectivity index (χ3n) is 5.53. The first-order valence-electron chi connectivity index (χ1n) is 10.8. The van der Waals surface area contributed by atoms with Crippen LogP contribution >= 0.6 is 0 Å². The first-order chi connectivity index (χ1) is 15.3. The van der Waals surface area contributed by atoms with Crippen molar-refractivity contribution in [1.29, 1.82) is 0 Å². The number of rotatable bonds is 4. The van der Waals surface area contributed by atoms with E-state index in [1.54, 1.807) is 0 Å². The van der Waals surface area contributed by atoms with E-state index in [0.717, 1.165) is 41.2 Å². The predicted octanol–water partition coefficient (Wildman–Crippen LogP) is 7.52. The Balaban J connectivity index is 1.68. The quantitative estimate of drug-likeness (QED) is 0.354. The molecule has 5 rings (SSSR count). The number of nitrogens with zero attached hydrogens (tertiary/aromatic N) is 2. The van der Waals surface area contributed by atoms with E-state index in [1.807, 2.05) is 18.2 Å². The first-order valence-corrected chi connectivity index (χ1v) is 10.8. The van der Waals surface area contributed by atoms with Crippen LogP contribution in [-0.2, 0) is 0 Å². The molecule has 0 fully saturated rings. The molecule has 3 aromatic carbocycles. The van der Waals surface area contributed by atoms with Crippen molar-refractivity contribution in [3.8, 4) is 33.8 Å². The van der Waals surface area contributed by atoms with Gasteiger partial charge >= 0.3 is 0 Å². The standard InChI is InChI=1S/C29H24N2/c1-21-17-25(22-11-5-2-6-12-22)19-26(18-21)28-20-27(23-13-7-3-8-14-23)30-29(31-28)24-15-9-4-10-16-24/h2,4-7,9-20H,3,8H2,1H3. The lowest BCUT2D eigenvalue weighted by Crippen LogP contribution is -1.99. The number of aromatic nitrogens is 2. The van der Waals surface area contributed by atoms with Crippen molar-refractivity contribution in [2.45, 2.75) is 19.8 Å². The third kappa shape index (κ3) is 4.24. The lowest BCUT2D eigenvalue weighted by Gasteiger charge is -2.13. The number of hydrogen-bond donors (Lipinski definition) is 0. The van der Waals surface area contributed by atoms with E-state index < -0.39 is 0 Å². The van der Waals surface area contributed by atoms with Crippen LogP contribution in [-0.4, -0.2) is 9.97 Å². The van der Waals surface area contributed by atoms with Crippen LogP contribution in [0.4, 0.5) is 0 Å². The van der Waals surface area contributed by atoms with Gasteiger partial charge in [-0.15, -0.1) is 0 Å². The van der Waals surface area contributed by atoms with Crippen LogP contribution < -0.4 is 0 Å². The van der Waals surface area contributed by atoms with Crippen molar-refractivity contribution in [1.82, 2.24) is 9.97 Å². The van der Waals surface area contributed by atoms with E-state index in [4.69, 9.17) is 9.97 Å². The van der Waals surface area contributed by atoms with Crippen molar-refractivity contribution < 1.29 is 0 Å². The van der Waals surface area contributed by atoms with Gasteiger partial charge in [0.15, 0.2) is 5.82 Å². The second-order valence-corrected chi connectivity index (χ2v) is 7.92. The minimum absolute atomic E-state index is 0.760. The van der Waals surface area contributed by atoms with Gasteiger partial charge in [0.25, 0.3) is 0 Å². The highest BCUT2D eigenvalue weighted by Gasteiger charge is 2.13. The van der Waals surface area contributed by atoms with Gasteiger partial charge in [0.05, 0.1) is 11.4 Å². The molecule has 0 saturated heterocycles. The fourth-order valence-corrected chi connectivity index (χ4v) is 3.99. The number of benzene rings is 3. The zero-order chi connectivity index (χ0) is 21.0. The Morgan fingerprint density at radius 1 is 0.613 bits per heavy atom. The SMILES string of the molecule is Cc1cc(-c2ccccc2)cc(-c2cc(C3=CCCC=C3)nc(-c3ccccc3)n2)c1. The molecule has 1 aliphatic carbocycles. The number of hydrogen-bond acceptors (Lipinski definition) is 2. The maximum atomic E-state index is 4.98. The van der Waals surface area contributed by atoms with Crippen LogP contribution in [0.25, 0.3) is 39.3 Å². The lowest BCUT2D eigenvalue weighted by atomic mass is 9.97. The molecule has 2 nitrogen and oxygen atoms in total. The summed E-state index contributed by atoms with van der Waals surface area (Å²) in [7, 11) is 0. The second kappa shape index (κ2) is 8.53. The van der Waals surface area contributed by atoms with E-state index in [-0.39, 0.29) is 0 Å². The topological polar surface area (TPSA) is 25.8 Å². The van der Waals surface area contributed by atoms with Gasteiger partial charge in [-0.25, -0.2) is 9.97 Å². The lowest BCUT2D eigenvalue weighted by molar-refractivity contribution is 1.03. The van der Waals surface area contributed by atoms with Gasteiger partial charge in [0.1, 0.15) is 0 Å². The molecule has 0 amide bonds. The number of allylic oxidation sites excluding steroid dienone is 4. The van der Waals surface area contributed by atoms with Crippen LogP contribution in [0.3, 0.4) is 0 Å². The van der Waals surface area contributed by atoms with Crippen LogP contribution in [0.1, 0.15) is 24.1 Å². The molecule has 0 radical (unpaired) electrons. The van der Waals surface area contributed by atoms with Gasteiger partial charge in [-0.1, -0.05) is 85.0 Å². The second-order valence-electron chi connectivity index (χ2n) is 7.92. The zero-order valence-corrected chi connectivity index (χ0v) is 17.6. The van der Waals surface area contributed by atoms with Crippen molar-refractivity contribution in [2.24, 2.45) is 0 Å². The van der Waals surface area contributed by atoms with Gasteiger partial charge in [-0.2, -0.15) is 0 Å². The van der Waals surface area contributed by atoms with E-state index in [1.165, 1.54) is 22.3 Å². The summed E-state index contributed by atoms with van der Waals surface area (Å²) in [4.78, 5) is 9.91. The molecule has 1 aromatic heterocycles. The zero-order valence-electron chi connectivity index (χ0n) is 17.6. The molecule has 0 saturated carbocycles. The molecule has 0 N–H and O–H groups in total. The average Bonchev–Trinajstić information content (AvgIpc) is 2.85. The summed E-state index contributed by atoms with van der Waals surface area (Å²) in [5, 5.41) is 0. The Morgan fingerprint density at radius 3 is 2.00 bits per heavy atom. The highest BCUT2D eigenvalue weighted by Crippen LogP contribution is 2.31. The summed E-state index contributed by atoms with van der Waals surface area (Å²) in [6.07, 6.45) is 8.81. The predicted molar refractivity (Wildman–Crippen MR) is 129 cm³/mol. The van der Waals surface area contributed by atoms with Crippen molar-refractivity contribution in [3.63, 3.8) is 0 Å². The molecule has 31 heavy (non-hydrogen) atoms. The van der Waals surface area contributed by atoms with E-state index in [0.29, 0.717) is 0 Å². The summed E-state index contributed by atoms with van der Waals surface area (Å²) in [6.45, 7) is 2.14. The Kier molecular flexibility index (Phi) is 5.28. The van der Waals surface area contributed by atoms with Crippen LogP contribution in [0, 0.1) is 6.92 Å². The van der Waals surface area contributed by atoms with E-state index in [9.17, 15) is 0 Å². The molecule has 1 heterocycles. The summed E-state index contributed by atoms with van der Waals surface area (Å²) in [5.41, 5.74) is 8.86. The molecule has 0 unspecified atom stereocenters. The fourth-order valence-electron chi connectivity index (χ4n) is 3.99. The van der Waals surface area contributed by atoms with Crippen molar-refractivity contribution in [3.05, 3.63) is 114 Å². The van der Waals surface area contributed by atoms with Gasteiger partial charge < -0.3 is 0 Å². The van der Waals surface area contributed by atoms with Crippen LogP contribution in [0.5, 0.6) is 0 Å². The monoisotopic (exact) mass is 400 g/mol. The summed E-state index contributed by atoms with van der Waals surface area (Å²) in [6, 6.07) is 29.5. The first kappa shape index (κ1) is 19.2. The summed E-state index contributed by atoms with van der Waals surface area (Å²) >= 11 is 0. The number of aryl methyl sites for hydroxylation is 1. The molecule has 1 aliphatic rings. The van der Waals surface area contributed by atoms with Gasteiger partial charge in [0.2, 0.25) is 0 Å².